The van der Waals surface area contributed by atoms with Gasteiger partial charge in [0.2, 0.25) is 6.79 Å². The standard InChI is InChI=1S/C9H10O2S2/c12-3-4-13-7-1-2-8-9(5-7)11-6-10-8/h1-2,5,12H,3-4,6H2. The van der Waals surface area contributed by atoms with E-state index in [1.165, 1.54) is 4.90 Å². The molecular weight excluding hydrogens is 204 g/mol. The van der Waals surface area contributed by atoms with Gasteiger partial charge in [0, 0.05) is 10.6 Å². The van der Waals surface area contributed by atoms with Gasteiger partial charge in [-0.3, -0.25) is 0 Å². The summed E-state index contributed by atoms with van der Waals surface area (Å²) >= 11 is 5.93. The van der Waals surface area contributed by atoms with E-state index in [9.17, 15) is 0 Å². The van der Waals surface area contributed by atoms with E-state index in [-0.39, 0.29) is 0 Å². The highest BCUT2D eigenvalue weighted by Gasteiger charge is 2.12. The summed E-state index contributed by atoms with van der Waals surface area (Å²) in [4.78, 5) is 1.21. The van der Waals surface area contributed by atoms with Crippen LogP contribution in [0.15, 0.2) is 23.1 Å². The zero-order valence-corrected chi connectivity index (χ0v) is 8.74. The molecule has 70 valence electrons. The van der Waals surface area contributed by atoms with Gasteiger partial charge >= 0.3 is 0 Å². The van der Waals surface area contributed by atoms with Crippen molar-refractivity contribution in [2.75, 3.05) is 18.3 Å². The normalized spacial score (nSPS) is 13.3. The Bertz CT molecular complexity index is 302. The summed E-state index contributed by atoms with van der Waals surface area (Å²) in [7, 11) is 0. The van der Waals surface area contributed by atoms with E-state index >= 15 is 0 Å². The molecule has 0 bridgehead atoms. The second-order valence-electron chi connectivity index (χ2n) is 2.59. The Hall–Kier alpha value is -0.480. The number of hydrogen-bond donors (Lipinski definition) is 1. The first-order chi connectivity index (χ1) is 6.40. The maximum Gasteiger partial charge on any atom is 0.231 e. The Labute approximate surface area is 87.0 Å². The van der Waals surface area contributed by atoms with Gasteiger partial charge in [-0.15, -0.1) is 11.8 Å². The van der Waals surface area contributed by atoms with Crippen molar-refractivity contribution >= 4 is 24.4 Å². The number of rotatable bonds is 3. The molecule has 2 nitrogen and oxygen atoms in total. The van der Waals surface area contributed by atoms with Crippen molar-refractivity contribution in [1.29, 1.82) is 0 Å². The van der Waals surface area contributed by atoms with Gasteiger partial charge in [0.1, 0.15) is 0 Å². The first-order valence-corrected chi connectivity index (χ1v) is 5.65. The number of benzene rings is 1. The van der Waals surface area contributed by atoms with E-state index in [2.05, 4.69) is 12.6 Å². The van der Waals surface area contributed by atoms with Crippen molar-refractivity contribution in [2.24, 2.45) is 0 Å². The number of fused-ring (bicyclic) bond motifs is 1. The summed E-state index contributed by atoms with van der Waals surface area (Å²) < 4.78 is 10.5. The van der Waals surface area contributed by atoms with Crippen molar-refractivity contribution in [1.82, 2.24) is 0 Å². The van der Waals surface area contributed by atoms with Crippen molar-refractivity contribution < 1.29 is 9.47 Å². The molecular formula is C9H10O2S2. The molecule has 1 aromatic rings. The molecule has 0 N–H and O–H groups in total. The molecule has 0 radical (unpaired) electrons. The first kappa shape index (κ1) is 9.09. The molecule has 0 saturated heterocycles. The van der Waals surface area contributed by atoms with Gasteiger partial charge in [-0.05, 0) is 24.0 Å². The van der Waals surface area contributed by atoms with Crippen LogP contribution in [-0.2, 0) is 0 Å². The average molecular weight is 214 g/mol. The molecule has 0 aromatic heterocycles. The van der Waals surface area contributed by atoms with Gasteiger partial charge < -0.3 is 9.47 Å². The predicted octanol–water partition coefficient (Wildman–Crippen LogP) is 2.44. The largest absolute Gasteiger partial charge is 0.454 e. The topological polar surface area (TPSA) is 18.5 Å². The molecule has 0 aliphatic carbocycles. The molecule has 1 aliphatic heterocycles. The van der Waals surface area contributed by atoms with Crippen LogP contribution < -0.4 is 9.47 Å². The van der Waals surface area contributed by atoms with Gasteiger partial charge in [0.05, 0.1) is 0 Å². The van der Waals surface area contributed by atoms with Crippen LogP contribution in [0.4, 0.5) is 0 Å². The van der Waals surface area contributed by atoms with E-state index in [0.717, 1.165) is 23.0 Å². The molecule has 1 heterocycles. The quantitative estimate of drug-likeness (QED) is 0.616. The zero-order chi connectivity index (χ0) is 9.10. The lowest BCUT2D eigenvalue weighted by Gasteiger charge is -2.00. The predicted molar refractivity (Wildman–Crippen MR) is 57.1 cm³/mol. The van der Waals surface area contributed by atoms with E-state index in [4.69, 9.17) is 9.47 Å². The van der Waals surface area contributed by atoms with E-state index in [1.54, 1.807) is 11.8 Å². The molecule has 0 spiro atoms. The molecule has 0 amide bonds. The minimum atomic E-state index is 0.343. The number of thioether (sulfide) groups is 1. The molecule has 0 atom stereocenters. The summed E-state index contributed by atoms with van der Waals surface area (Å²) in [5.74, 6) is 3.60. The Morgan fingerprint density at radius 2 is 2.15 bits per heavy atom. The molecule has 4 heteroatoms. The maximum absolute atomic E-state index is 5.26. The summed E-state index contributed by atoms with van der Waals surface area (Å²) in [5.41, 5.74) is 0. The van der Waals surface area contributed by atoms with Crippen LogP contribution in [0.3, 0.4) is 0 Å². The third-order valence-electron chi connectivity index (χ3n) is 1.70. The third kappa shape index (κ3) is 2.06. The van der Waals surface area contributed by atoms with Crippen molar-refractivity contribution in [2.45, 2.75) is 4.90 Å². The molecule has 1 aliphatic rings. The van der Waals surface area contributed by atoms with Crippen LogP contribution in [0.5, 0.6) is 11.5 Å². The fourth-order valence-electron chi connectivity index (χ4n) is 1.13. The van der Waals surface area contributed by atoms with Crippen LogP contribution in [0.1, 0.15) is 0 Å². The Morgan fingerprint density at radius 3 is 3.00 bits per heavy atom. The highest BCUT2D eigenvalue weighted by Crippen LogP contribution is 2.35. The lowest BCUT2D eigenvalue weighted by molar-refractivity contribution is 0.174. The first-order valence-electron chi connectivity index (χ1n) is 4.03. The summed E-state index contributed by atoms with van der Waals surface area (Å²) in [6.07, 6.45) is 0. The molecule has 0 fully saturated rings. The minimum absolute atomic E-state index is 0.343. The second kappa shape index (κ2) is 4.15. The fourth-order valence-corrected chi connectivity index (χ4v) is 2.09. The highest BCUT2D eigenvalue weighted by molar-refractivity contribution is 8.00. The van der Waals surface area contributed by atoms with Crippen LogP contribution in [-0.4, -0.2) is 18.3 Å². The lowest BCUT2D eigenvalue weighted by Crippen LogP contribution is -1.92. The summed E-state index contributed by atoms with van der Waals surface area (Å²) in [6.45, 7) is 0.343. The van der Waals surface area contributed by atoms with E-state index in [1.807, 2.05) is 18.2 Å². The second-order valence-corrected chi connectivity index (χ2v) is 4.20. The average Bonchev–Trinajstić information content (AvgIpc) is 2.61. The SMILES string of the molecule is SCCSc1ccc2c(c1)OCO2. The maximum atomic E-state index is 5.26. The minimum Gasteiger partial charge on any atom is -0.454 e. The monoisotopic (exact) mass is 214 g/mol. The Balaban J connectivity index is 2.12. The van der Waals surface area contributed by atoms with Crippen LogP contribution >= 0.6 is 24.4 Å². The Morgan fingerprint density at radius 1 is 1.31 bits per heavy atom. The zero-order valence-electron chi connectivity index (χ0n) is 7.03. The van der Waals surface area contributed by atoms with Gasteiger partial charge in [-0.25, -0.2) is 0 Å². The fraction of sp³-hybridized carbons (Fsp3) is 0.333. The Kier molecular flexibility index (Phi) is 2.90. The van der Waals surface area contributed by atoms with E-state index < -0.39 is 0 Å². The van der Waals surface area contributed by atoms with Crippen LogP contribution in [0.25, 0.3) is 0 Å². The van der Waals surface area contributed by atoms with Gasteiger partial charge in [-0.2, -0.15) is 12.6 Å². The van der Waals surface area contributed by atoms with Crippen molar-refractivity contribution in [3.05, 3.63) is 18.2 Å². The van der Waals surface area contributed by atoms with Gasteiger partial charge in [0.15, 0.2) is 11.5 Å². The third-order valence-corrected chi connectivity index (χ3v) is 3.23. The smallest absolute Gasteiger partial charge is 0.231 e. The highest BCUT2D eigenvalue weighted by atomic mass is 32.2. The number of hydrogen-bond acceptors (Lipinski definition) is 4. The van der Waals surface area contributed by atoms with Crippen molar-refractivity contribution in [3.63, 3.8) is 0 Å². The summed E-state index contributed by atoms with van der Waals surface area (Å²) in [6, 6.07) is 6.00. The molecule has 0 unspecified atom stereocenters. The van der Waals surface area contributed by atoms with Gasteiger partial charge in [0.25, 0.3) is 0 Å². The molecule has 0 saturated carbocycles. The molecule has 2 rings (SSSR count). The van der Waals surface area contributed by atoms with Crippen LogP contribution in [0.2, 0.25) is 0 Å². The van der Waals surface area contributed by atoms with Crippen molar-refractivity contribution in [3.8, 4) is 11.5 Å². The number of thiol groups is 1. The number of ether oxygens (including phenoxy) is 2. The lowest BCUT2D eigenvalue weighted by atomic mass is 10.3. The summed E-state index contributed by atoms with van der Waals surface area (Å²) in [5, 5.41) is 0. The van der Waals surface area contributed by atoms with Gasteiger partial charge in [-0.1, -0.05) is 0 Å². The molecule has 1 aromatic carbocycles. The van der Waals surface area contributed by atoms with E-state index in [0.29, 0.717) is 6.79 Å². The van der Waals surface area contributed by atoms with Crippen LogP contribution in [0, 0.1) is 0 Å². The molecule has 13 heavy (non-hydrogen) atoms.